The number of aryl methyl sites for hydroxylation is 1. The summed E-state index contributed by atoms with van der Waals surface area (Å²) in [7, 11) is 0. The van der Waals surface area contributed by atoms with Gasteiger partial charge in [0, 0.05) is 16.7 Å². The van der Waals surface area contributed by atoms with E-state index in [0.717, 1.165) is 5.56 Å². The van der Waals surface area contributed by atoms with Crippen molar-refractivity contribution in [3.8, 4) is 0 Å². The van der Waals surface area contributed by atoms with E-state index in [1.165, 1.54) is 10.5 Å². The Balaban J connectivity index is 2.78. The average Bonchev–Trinajstić information content (AvgIpc) is 2.20. The number of rotatable bonds is 4. The summed E-state index contributed by atoms with van der Waals surface area (Å²) in [4.78, 5) is 1.23. The van der Waals surface area contributed by atoms with Gasteiger partial charge in [0.1, 0.15) is 0 Å². The van der Waals surface area contributed by atoms with Crippen LogP contribution in [0.25, 0.3) is 0 Å². The summed E-state index contributed by atoms with van der Waals surface area (Å²) in [6.45, 7) is 4.89. The summed E-state index contributed by atoms with van der Waals surface area (Å²) < 4.78 is 0. The number of thioether (sulfide) groups is 1. The van der Waals surface area contributed by atoms with Crippen LogP contribution in [0.4, 0.5) is 0 Å². The zero-order valence-electron chi connectivity index (χ0n) is 8.66. The largest absolute Gasteiger partial charge is 0.395 e. The summed E-state index contributed by atoms with van der Waals surface area (Å²) in [5.74, 6) is 0. The second-order valence-corrected chi connectivity index (χ2v) is 4.90. The highest BCUT2D eigenvalue weighted by Crippen LogP contribution is 2.26. The zero-order chi connectivity index (χ0) is 10.6. The first-order chi connectivity index (χ1) is 6.67. The maximum Gasteiger partial charge on any atom is 0.0550 e. The molecule has 14 heavy (non-hydrogen) atoms. The van der Waals surface area contributed by atoms with E-state index in [0.29, 0.717) is 6.54 Å². The monoisotopic (exact) mass is 211 g/mol. The summed E-state index contributed by atoms with van der Waals surface area (Å²) in [6.07, 6.45) is 0. The van der Waals surface area contributed by atoms with Crippen LogP contribution < -0.4 is 5.73 Å². The Labute approximate surface area is 89.5 Å². The molecule has 0 aliphatic carbocycles. The standard InChI is InChI=1S/C11H17NOS/c1-8-5-10(6-12)3-4-11(8)14-9(2)7-13/h3-5,9,13H,6-7,12H2,1-2H3. The average molecular weight is 211 g/mol. The quantitative estimate of drug-likeness (QED) is 0.748. The number of benzene rings is 1. The molecule has 0 saturated carbocycles. The normalized spacial score (nSPS) is 12.9. The third-order valence-corrected chi connectivity index (χ3v) is 3.32. The van der Waals surface area contributed by atoms with E-state index in [2.05, 4.69) is 19.1 Å². The topological polar surface area (TPSA) is 46.2 Å². The molecule has 0 amide bonds. The molecule has 1 rings (SSSR count). The lowest BCUT2D eigenvalue weighted by Gasteiger charge is -2.11. The lowest BCUT2D eigenvalue weighted by molar-refractivity contribution is 0.300. The predicted molar refractivity (Wildman–Crippen MR) is 61.5 cm³/mol. The van der Waals surface area contributed by atoms with Crippen molar-refractivity contribution in [1.82, 2.24) is 0 Å². The van der Waals surface area contributed by atoms with Crippen molar-refractivity contribution in [1.29, 1.82) is 0 Å². The molecule has 0 heterocycles. The second kappa shape index (κ2) is 5.39. The highest BCUT2D eigenvalue weighted by molar-refractivity contribution is 8.00. The molecule has 1 aromatic rings. The van der Waals surface area contributed by atoms with Crippen molar-refractivity contribution < 1.29 is 5.11 Å². The fourth-order valence-electron chi connectivity index (χ4n) is 1.22. The van der Waals surface area contributed by atoms with Crippen molar-refractivity contribution >= 4 is 11.8 Å². The Morgan fingerprint density at radius 3 is 2.71 bits per heavy atom. The molecule has 0 saturated heterocycles. The van der Waals surface area contributed by atoms with E-state index >= 15 is 0 Å². The predicted octanol–water partition coefficient (Wildman–Crippen LogP) is 1.93. The van der Waals surface area contributed by atoms with Crippen LogP contribution >= 0.6 is 11.8 Å². The van der Waals surface area contributed by atoms with Crippen LogP contribution in [-0.4, -0.2) is 17.0 Å². The molecular weight excluding hydrogens is 194 g/mol. The SMILES string of the molecule is Cc1cc(CN)ccc1SC(C)CO. The number of aliphatic hydroxyl groups excluding tert-OH is 1. The molecule has 0 spiro atoms. The highest BCUT2D eigenvalue weighted by Gasteiger charge is 2.05. The van der Waals surface area contributed by atoms with Crippen LogP contribution in [0, 0.1) is 6.92 Å². The molecule has 3 heteroatoms. The van der Waals surface area contributed by atoms with Crippen molar-refractivity contribution in [2.24, 2.45) is 5.73 Å². The molecular formula is C11H17NOS. The molecule has 1 aromatic carbocycles. The smallest absolute Gasteiger partial charge is 0.0550 e. The van der Waals surface area contributed by atoms with Crippen LogP contribution in [0.3, 0.4) is 0 Å². The van der Waals surface area contributed by atoms with Gasteiger partial charge >= 0.3 is 0 Å². The van der Waals surface area contributed by atoms with Gasteiger partial charge in [-0.3, -0.25) is 0 Å². The van der Waals surface area contributed by atoms with Crippen LogP contribution in [0.15, 0.2) is 23.1 Å². The molecule has 0 aromatic heterocycles. The summed E-state index contributed by atoms with van der Waals surface area (Å²) in [5, 5.41) is 9.19. The highest BCUT2D eigenvalue weighted by atomic mass is 32.2. The molecule has 0 radical (unpaired) electrons. The fourth-order valence-corrected chi connectivity index (χ4v) is 2.12. The molecule has 0 aliphatic rings. The van der Waals surface area contributed by atoms with Gasteiger partial charge in [-0.15, -0.1) is 11.8 Å². The Morgan fingerprint density at radius 2 is 2.21 bits per heavy atom. The molecule has 0 bridgehead atoms. The fraction of sp³-hybridized carbons (Fsp3) is 0.455. The van der Waals surface area contributed by atoms with E-state index < -0.39 is 0 Å². The van der Waals surface area contributed by atoms with Crippen LogP contribution in [0.1, 0.15) is 18.1 Å². The first-order valence-electron chi connectivity index (χ1n) is 4.74. The minimum absolute atomic E-state index is 0.211. The van der Waals surface area contributed by atoms with Crippen molar-refractivity contribution in [2.45, 2.75) is 30.5 Å². The third-order valence-electron chi connectivity index (χ3n) is 2.06. The van der Waals surface area contributed by atoms with Crippen LogP contribution in [0.2, 0.25) is 0 Å². The van der Waals surface area contributed by atoms with E-state index in [-0.39, 0.29) is 11.9 Å². The Bertz CT molecular complexity index is 301. The van der Waals surface area contributed by atoms with Crippen molar-refractivity contribution in [3.05, 3.63) is 29.3 Å². The lowest BCUT2D eigenvalue weighted by atomic mass is 10.1. The zero-order valence-corrected chi connectivity index (χ0v) is 9.47. The molecule has 1 atom stereocenters. The molecule has 0 aliphatic heterocycles. The Hall–Kier alpha value is -0.510. The van der Waals surface area contributed by atoms with Gasteiger partial charge in [0.2, 0.25) is 0 Å². The van der Waals surface area contributed by atoms with Gasteiger partial charge in [-0.25, -0.2) is 0 Å². The molecule has 0 fully saturated rings. The maximum absolute atomic E-state index is 8.95. The van der Waals surface area contributed by atoms with E-state index in [1.807, 2.05) is 13.0 Å². The number of aliphatic hydroxyl groups is 1. The van der Waals surface area contributed by atoms with E-state index in [4.69, 9.17) is 10.8 Å². The number of hydrogen-bond acceptors (Lipinski definition) is 3. The second-order valence-electron chi connectivity index (χ2n) is 3.42. The molecule has 78 valence electrons. The number of nitrogens with two attached hydrogens (primary N) is 1. The van der Waals surface area contributed by atoms with Gasteiger partial charge in [0.05, 0.1) is 6.61 Å². The van der Waals surface area contributed by atoms with Crippen molar-refractivity contribution in [2.75, 3.05) is 6.61 Å². The summed E-state index contributed by atoms with van der Waals surface area (Å²) in [6, 6.07) is 6.22. The van der Waals surface area contributed by atoms with Crippen molar-refractivity contribution in [3.63, 3.8) is 0 Å². The van der Waals surface area contributed by atoms with Gasteiger partial charge in [0.25, 0.3) is 0 Å². The van der Waals surface area contributed by atoms with Crippen LogP contribution in [0.5, 0.6) is 0 Å². The van der Waals surface area contributed by atoms with Gasteiger partial charge < -0.3 is 10.8 Å². The molecule has 2 nitrogen and oxygen atoms in total. The molecule has 1 unspecified atom stereocenters. The number of hydrogen-bond donors (Lipinski definition) is 2. The summed E-state index contributed by atoms with van der Waals surface area (Å²) >= 11 is 1.70. The van der Waals surface area contributed by atoms with E-state index in [9.17, 15) is 0 Å². The Morgan fingerprint density at radius 1 is 1.50 bits per heavy atom. The first kappa shape index (κ1) is 11.6. The minimum atomic E-state index is 0.211. The lowest BCUT2D eigenvalue weighted by Crippen LogP contribution is -2.02. The Kier molecular flexibility index (Phi) is 4.45. The first-order valence-corrected chi connectivity index (χ1v) is 5.62. The van der Waals surface area contributed by atoms with E-state index in [1.54, 1.807) is 11.8 Å². The molecule has 3 N–H and O–H groups in total. The van der Waals surface area contributed by atoms with Gasteiger partial charge in [-0.2, -0.15) is 0 Å². The van der Waals surface area contributed by atoms with Crippen LogP contribution in [-0.2, 0) is 6.54 Å². The summed E-state index contributed by atoms with van der Waals surface area (Å²) in [5.41, 5.74) is 7.94. The van der Waals surface area contributed by atoms with Gasteiger partial charge in [-0.05, 0) is 24.1 Å². The van der Waals surface area contributed by atoms with Gasteiger partial charge in [-0.1, -0.05) is 19.1 Å². The van der Waals surface area contributed by atoms with Gasteiger partial charge in [0.15, 0.2) is 0 Å². The minimum Gasteiger partial charge on any atom is -0.395 e. The maximum atomic E-state index is 8.95. The third kappa shape index (κ3) is 3.01.